The number of alkyl halides is 1. The van der Waals surface area contributed by atoms with Crippen molar-refractivity contribution in [3.05, 3.63) is 53.3 Å². The number of aryl methyl sites for hydroxylation is 1. The Hall–Kier alpha value is -1.81. The van der Waals surface area contributed by atoms with Gasteiger partial charge in [-0.25, -0.2) is 0 Å². The van der Waals surface area contributed by atoms with Crippen LogP contribution in [0.25, 0.3) is 0 Å². The van der Waals surface area contributed by atoms with E-state index in [0.717, 1.165) is 11.1 Å². The molecule has 0 aliphatic carbocycles. The zero-order valence-corrected chi connectivity index (χ0v) is 10.8. The molecule has 1 N–H and O–H groups in total. The van der Waals surface area contributed by atoms with Crippen LogP contribution in [0.2, 0.25) is 0 Å². The molecule has 0 spiro atoms. The van der Waals surface area contributed by atoms with Crippen LogP contribution in [-0.2, 0) is 19.5 Å². The molecule has 0 fully saturated rings. The maximum Gasteiger partial charge on any atom is 0.269 e. The van der Waals surface area contributed by atoms with Crippen LogP contribution in [0, 0.1) is 0 Å². The van der Waals surface area contributed by atoms with Crippen LogP contribution >= 0.6 is 11.6 Å². The fourth-order valence-corrected chi connectivity index (χ4v) is 1.79. The van der Waals surface area contributed by atoms with Crippen LogP contribution in [0.3, 0.4) is 0 Å². The van der Waals surface area contributed by atoms with Crippen molar-refractivity contribution < 1.29 is 4.79 Å². The topological polar surface area (TPSA) is 46.9 Å². The molecule has 1 aromatic carbocycles. The molecule has 1 heterocycles. The summed E-state index contributed by atoms with van der Waals surface area (Å²) in [5.74, 6) is 0.373. The van der Waals surface area contributed by atoms with Crippen molar-refractivity contribution >= 4 is 17.5 Å². The molecule has 5 heteroatoms. The lowest BCUT2D eigenvalue weighted by Gasteiger charge is -2.06. The highest BCUT2D eigenvalue weighted by Crippen LogP contribution is 2.07. The molecular formula is C13H14ClN3O. The van der Waals surface area contributed by atoms with Gasteiger partial charge in [0.2, 0.25) is 0 Å². The van der Waals surface area contributed by atoms with Gasteiger partial charge in [-0.05, 0) is 17.2 Å². The predicted octanol–water partition coefficient (Wildman–Crippen LogP) is 2.09. The zero-order valence-electron chi connectivity index (χ0n) is 10.1. The number of nitrogens with zero attached hydrogens (tertiary/aromatic N) is 2. The quantitative estimate of drug-likeness (QED) is 0.859. The summed E-state index contributed by atoms with van der Waals surface area (Å²) in [5, 5.41) is 6.80. The molecule has 0 aliphatic rings. The van der Waals surface area contributed by atoms with E-state index < -0.39 is 0 Å². The monoisotopic (exact) mass is 263 g/mol. The number of amides is 1. The van der Waals surface area contributed by atoms with E-state index >= 15 is 0 Å². The maximum atomic E-state index is 11.8. The van der Waals surface area contributed by atoms with E-state index in [1.807, 2.05) is 24.3 Å². The number of aromatic nitrogens is 2. The third-order valence-electron chi connectivity index (χ3n) is 2.68. The lowest BCUT2D eigenvalue weighted by molar-refractivity contribution is 0.0941. The molecule has 1 amide bonds. The molecular weight excluding hydrogens is 250 g/mol. The Morgan fingerprint density at radius 3 is 2.50 bits per heavy atom. The van der Waals surface area contributed by atoms with E-state index in [1.54, 1.807) is 24.0 Å². The normalized spacial score (nSPS) is 10.3. The van der Waals surface area contributed by atoms with Crippen LogP contribution in [0.4, 0.5) is 0 Å². The Kier molecular flexibility index (Phi) is 3.99. The fourth-order valence-electron chi connectivity index (χ4n) is 1.62. The van der Waals surface area contributed by atoms with E-state index in [-0.39, 0.29) is 5.91 Å². The number of halogens is 1. The molecule has 0 saturated carbocycles. The molecule has 0 saturated heterocycles. The van der Waals surface area contributed by atoms with Crippen LogP contribution in [0.1, 0.15) is 21.6 Å². The second kappa shape index (κ2) is 5.69. The van der Waals surface area contributed by atoms with Gasteiger partial charge < -0.3 is 5.32 Å². The second-order valence-corrected chi connectivity index (χ2v) is 4.24. The Labute approximate surface area is 111 Å². The molecule has 2 rings (SSSR count). The van der Waals surface area contributed by atoms with Crippen molar-refractivity contribution in [1.82, 2.24) is 15.1 Å². The fraction of sp³-hybridized carbons (Fsp3) is 0.231. The Balaban J connectivity index is 1.95. The van der Waals surface area contributed by atoms with Crippen molar-refractivity contribution in [3.63, 3.8) is 0 Å². The molecule has 4 nitrogen and oxygen atoms in total. The molecule has 1 aromatic heterocycles. The summed E-state index contributed by atoms with van der Waals surface area (Å²) in [6.07, 6.45) is 1.60. The average Bonchev–Trinajstić information content (AvgIpc) is 2.83. The number of hydrogen-bond donors (Lipinski definition) is 1. The minimum absolute atomic E-state index is 0.128. The first-order valence-corrected chi connectivity index (χ1v) is 6.14. The van der Waals surface area contributed by atoms with Crippen LogP contribution in [0.5, 0.6) is 0 Å². The minimum atomic E-state index is -0.128. The molecule has 18 heavy (non-hydrogen) atoms. The lowest BCUT2D eigenvalue weighted by Crippen LogP contribution is -2.25. The summed E-state index contributed by atoms with van der Waals surface area (Å²) >= 11 is 5.71. The van der Waals surface area contributed by atoms with Gasteiger partial charge in [0.25, 0.3) is 5.91 Å². The van der Waals surface area contributed by atoms with Gasteiger partial charge in [0.15, 0.2) is 0 Å². The SMILES string of the molecule is Cn1nccc1C(=O)NCc1ccc(CCl)cc1. The third-order valence-corrected chi connectivity index (χ3v) is 2.99. The molecule has 94 valence electrons. The summed E-state index contributed by atoms with van der Waals surface area (Å²) < 4.78 is 1.55. The van der Waals surface area contributed by atoms with Gasteiger partial charge in [-0.2, -0.15) is 5.10 Å². The first-order valence-electron chi connectivity index (χ1n) is 5.60. The largest absolute Gasteiger partial charge is 0.347 e. The van der Waals surface area contributed by atoms with Crippen molar-refractivity contribution in [2.24, 2.45) is 7.05 Å². The molecule has 0 bridgehead atoms. The van der Waals surface area contributed by atoms with Crippen molar-refractivity contribution in [3.8, 4) is 0 Å². The van der Waals surface area contributed by atoms with Gasteiger partial charge >= 0.3 is 0 Å². The van der Waals surface area contributed by atoms with Crippen LogP contribution < -0.4 is 5.32 Å². The van der Waals surface area contributed by atoms with E-state index in [9.17, 15) is 4.79 Å². The van der Waals surface area contributed by atoms with Gasteiger partial charge in [0, 0.05) is 25.7 Å². The van der Waals surface area contributed by atoms with Gasteiger partial charge in [0.1, 0.15) is 5.69 Å². The number of hydrogen-bond acceptors (Lipinski definition) is 2. The highest BCUT2D eigenvalue weighted by molar-refractivity contribution is 6.17. The Bertz CT molecular complexity index is 533. The maximum absolute atomic E-state index is 11.8. The highest BCUT2D eigenvalue weighted by Gasteiger charge is 2.08. The third kappa shape index (κ3) is 2.90. The van der Waals surface area contributed by atoms with E-state index in [0.29, 0.717) is 18.1 Å². The summed E-state index contributed by atoms with van der Waals surface area (Å²) in [5.41, 5.74) is 2.66. The van der Waals surface area contributed by atoms with Crippen molar-refractivity contribution in [2.45, 2.75) is 12.4 Å². The lowest BCUT2D eigenvalue weighted by atomic mass is 10.1. The smallest absolute Gasteiger partial charge is 0.269 e. The van der Waals surface area contributed by atoms with Gasteiger partial charge in [-0.15, -0.1) is 11.6 Å². The summed E-state index contributed by atoms with van der Waals surface area (Å²) in [4.78, 5) is 11.8. The molecule has 0 atom stereocenters. The first kappa shape index (κ1) is 12.6. The van der Waals surface area contributed by atoms with Crippen molar-refractivity contribution in [2.75, 3.05) is 0 Å². The number of carbonyl (C=O) groups is 1. The standard InChI is InChI=1S/C13H14ClN3O/c1-17-12(6-7-16-17)13(18)15-9-11-4-2-10(8-14)3-5-11/h2-7H,8-9H2,1H3,(H,15,18). The Morgan fingerprint density at radius 1 is 1.28 bits per heavy atom. The molecule has 0 radical (unpaired) electrons. The number of carbonyl (C=O) groups excluding carboxylic acids is 1. The van der Waals surface area contributed by atoms with Gasteiger partial charge in [-0.3, -0.25) is 9.48 Å². The van der Waals surface area contributed by atoms with Gasteiger partial charge in [-0.1, -0.05) is 24.3 Å². The van der Waals surface area contributed by atoms with Gasteiger partial charge in [0.05, 0.1) is 0 Å². The molecule has 0 unspecified atom stereocenters. The van der Waals surface area contributed by atoms with Crippen LogP contribution in [-0.4, -0.2) is 15.7 Å². The van der Waals surface area contributed by atoms with Crippen molar-refractivity contribution in [1.29, 1.82) is 0 Å². The number of nitrogens with one attached hydrogen (secondary N) is 1. The van der Waals surface area contributed by atoms with E-state index in [2.05, 4.69) is 10.4 Å². The first-order chi connectivity index (χ1) is 8.70. The molecule has 2 aromatic rings. The number of benzene rings is 1. The number of rotatable bonds is 4. The minimum Gasteiger partial charge on any atom is -0.347 e. The summed E-state index contributed by atoms with van der Waals surface area (Å²) in [6.45, 7) is 0.493. The average molecular weight is 264 g/mol. The van der Waals surface area contributed by atoms with E-state index in [1.165, 1.54) is 0 Å². The summed E-state index contributed by atoms with van der Waals surface area (Å²) in [7, 11) is 1.74. The predicted molar refractivity (Wildman–Crippen MR) is 70.4 cm³/mol. The zero-order chi connectivity index (χ0) is 13.0. The Morgan fingerprint density at radius 2 is 1.94 bits per heavy atom. The van der Waals surface area contributed by atoms with Crippen LogP contribution in [0.15, 0.2) is 36.5 Å². The highest BCUT2D eigenvalue weighted by atomic mass is 35.5. The summed E-state index contributed by atoms with van der Waals surface area (Å²) in [6, 6.07) is 9.52. The molecule has 0 aliphatic heterocycles. The second-order valence-electron chi connectivity index (χ2n) is 3.97. The van der Waals surface area contributed by atoms with E-state index in [4.69, 9.17) is 11.6 Å².